The molecule has 0 aliphatic heterocycles. The Hall–Kier alpha value is -8.38. The molecular formula is C77H80N2. The van der Waals surface area contributed by atoms with Crippen LogP contribution in [-0.4, -0.2) is 0 Å². The zero-order chi connectivity index (χ0) is 55.4. The summed E-state index contributed by atoms with van der Waals surface area (Å²) in [5.41, 5.74) is 20.1. The van der Waals surface area contributed by atoms with E-state index >= 15 is 0 Å². The Kier molecular flexibility index (Phi) is 20.4. The number of para-hydroxylation sites is 1. The van der Waals surface area contributed by atoms with Crippen molar-refractivity contribution >= 4 is 57.3 Å². The summed E-state index contributed by atoms with van der Waals surface area (Å²) >= 11 is 0. The second kappa shape index (κ2) is 28.3. The van der Waals surface area contributed by atoms with Crippen LogP contribution in [0.2, 0.25) is 0 Å². The fourth-order valence-electron chi connectivity index (χ4n) is 11.8. The summed E-state index contributed by atoms with van der Waals surface area (Å²) < 4.78 is 0. The van der Waals surface area contributed by atoms with Crippen LogP contribution in [0.4, 0.5) is 22.7 Å². The summed E-state index contributed by atoms with van der Waals surface area (Å²) in [6, 6.07) is 58.7. The lowest BCUT2D eigenvalue weighted by molar-refractivity contribution is 0.404. The molecule has 398 valence electrons. The number of fused-ring (bicyclic) bond motifs is 4. The molecule has 7 aromatic carbocycles. The van der Waals surface area contributed by atoms with Crippen LogP contribution in [0.3, 0.4) is 0 Å². The summed E-state index contributed by atoms with van der Waals surface area (Å²) in [5.74, 6) is 2.25. The van der Waals surface area contributed by atoms with Gasteiger partial charge in [0.05, 0.1) is 11.4 Å². The molecular weight excluding hydrogens is 953 g/mol. The average molecular weight is 1030 g/mol. The summed E-state index contributed by atoms with van der Waals surface area (Å²) in [6.07, 6.45) is 43.2. The number of unbranched alkanes of at least 4 members (excludes halogenated alkanes) is 2. The lowest BCUT2D eigenvalue weighted by Gasteiger charge is -2.36. The number of benzene rings is 7. The number of hydrogen-bond donors (Lipinski definition) is 0. The Balaban J connectivity index is 0.00000131. The van der Waals surface area contributed by atoms with Gasteiger partial charge in [-0.1, -0.05) is 228 Å². The van der Waals surface area contributed by atoms with E-state index in [9.17, 15) is 0 Å². The number of anilines is 4. The van der Waals surface area contributed by atoms with Crippen LogP contribution in [0, 0.1) is 19.3 Å². The van der Waals surface area contributed by atoms with Crippen LogP contribution in [0.1, 0.15) is 130 Å². The van der Waals surface area contributed by atoms with Gasteiger partial charge < -0.3 is 9.80 Å². The van der Waals surface area contributed by atoms with E-state index < -0.39 is 0 Å². The predicted octanol–water partition coefficient (Wildman–Crippen LogP) is 21.6. The van der Waals surface area contributed by atoms with Crippen LogP contribution in [0.25, 0.3) is 34.6 Å². The van der Waals surface area contributed by atoms with Gasteiger partial charge >= 0.3 is 0 Å². The van der Waals surface area contributed by atoms with Gasteiger partial charge in [-0.15, -0.1) is 12.3 Å². The second-order valence-corrected chi connectivity index (χ2v) is 20.9. The lowest BCUT2D eigenvalue weighted by atomic mass is 9.69. The van der Waals surface area contributed by atoms with E-state index in [0.717, 1.165) is 75.6 Å². The Morgan fingerprint density at radius 2 is 1.35 bits per heavy atom. The minimum atomic E-state index is -0.276. The van der Waals surface area contributed by atoms with Gasteiger partial charge in [-0.05, 0) is 170 Å². The van der Waals surface area contributed by atoms with Crippen molar-refractivity contribution in [2.24, 2.45) is 0 Å². The molecule has 0 radical (unpaired) electrons. The maximum Gasteiger partial charge on any atom is 0.0539 e. The highest BCUT2D eigenvalue weighted by molar-refractivity contribution is 5.97. The van der Waals surface area contributed by atoms with Crippen molar-refractivity contribution in [1.82, 2.24) is 0 Å². The molecule has 1 atom stereocenters. The molecule has 2 heteroatoms. The fourth-order valence-corrected chi connectivity index (χ4v) is 11.8. The number of allylic oxidation sites excluding steroid dienone is 11. The highest BCUT2D eigenvalue weighted by Crippen LogP contribution is 2.56. The first kappa shape index (κ1) is 56.8. The van der Waals surface area contributed by atoms with E-state index in [1.54, 1.807) is 6.92 Å². The topological polar surface area (TPSA) is 6.48 Å². The van der Waals surface area contributed by atoms with Gasteiger partial charge in [0.15, 0.2) is 0 Å². The summed E-state index contributed by atoms with van der Waals surface area (Å²) in [4.78, 5) is 5.01. The second-order valence-electron chi connectivity index (χ2n) is 20.9. The Labute approximate surface area is 474 Å². The van der Waals surface area contributed by atoms with E-state index in [4.69, 9.17) is 0 Å². The van der Waals surface area contributed by atoms with E-state index in [1.165, 1.54) is 95.6 Å². The van der Waals surface area contributed by atoms with Gasteiger partial charge in [-0.2, -0.15) is 0 Å². The van der Waals surface area contributed by atoms with Crippen LogP contribution >= 0.6 is 0 Å². The van der Waals surface area contributed by atoms with Crippen molar-refractivity contribution < 1.29 is 0 Å². The molecule has 0 heterocycles. The standard InChI is InChI=1S/C71H68N2.C3H8.C3H4/c1-5-25-59(26-6-2)72(69-43-23-36-58-34-14-15-41-64(58)69)61-39-24-42-65-66-46-45-62(73(60-37-11-9-12-38-60)70-44-22-35-57-33-10-8-13-40-63(57)70)52-68(66)71(67(65)51-61,47-18-16-28-55-31-20-27-53(4)49-55)48-19-17-29-56-32-21-30-54(7-3)50-56;2*1-3-2/h5-7,9-15,20-27,30-38,40-46,49-52H,1,3,8,16-19,28-29,39,47-48H2,2,4H3;3H2,1-2H3;1H,2H3/b26-6-,59-25+;;. The zero-order valence-electron chi connectivity index (χ0n) is 47.6. The van der Waals surface area contributed by atoms with Crippen molar-refractivity contribution in [2.45, 2.75) is 111 Å². The molecule has 3 aliphatic rings. The summed E-state index contributed by atoms with van der Waals surface area (Å²) in [6.45, 7) is 18.5. The number of terminal acetylenes is 1. The van der Waals surface area contributed by atoms with E-state index in [1.807, 2.05) is 12.2 Å². The molecule has 2 nitrogen and oxygen atoms in total. The lowest BCUT2D eigenvalue weighted by Crippen LogP contribution is -2.28. The van der Waals surface area contributed by atoms with Gasteiger partial charge in [0.1, 0.15) is 0 Å². The van der Waals surface area contributed by atoms with Crippen LogP contribution in [-0.2, 0) is 18.3 Å². The van der Waals surface area contributed by atoms with Gasteiger partial charge in [-0.25, -0.2) is 0 Å². The molecule has 7 aromatic rings. The number of aryl methyl sites for hydroxylation is 3. The molecule has 1 unspecified atom stereocenters. The van der Waals surface area contributed by atoms with Gasteiger partial charge in [0, 0.05) is 45.6 Å². The van der Waals surface area contributed by atoms with Gasteiger partial charge in [0.25, 0.3) is 0 Å². The molecule has 0 amide bonds. The summed E-state index contributed by atoms with van der Waals surface area (Å²) in [5, 5.41) is 2.44. The maximum absolute atomic E-state index is 4.60. The minimum absolute atomic E-state index is 0.276. The third-order valence-corrected chi connectivity index (χ3v) is 15.1. The SMILES string of the molecule is C#CC.C=C/C=C(\C=C/C)N(C1=CC2=C(C=CC1)c1ccc(N(c3ccccc3)c3cccc4c3C=CCC=C4)cc1C2(CCCCc1cccc(C)c1)CCCCc1cccc(C=C)c1)c1cccc2ccccc12.CCC. The summed E-state index contributed by atoms with van der Waals surface area (Å²) in [7, 11) is 0. The average Bonchev–Trinajstić information content (AvgIpc) is 3.78. The fraction of sp³-hybridized carbons (Fsp3) is 0.221. The van der Waals surface area contributed by atoms with Crippen molar-refractivity contribution in [3.05, 3.63) is 287 Å². The molecule has 0 fully saturated rings. The largest absolute Gasteiger partial charge is 0.313 e. The highest BCUT2D eigenvalue weighted by Gasteiger charge is 2.44. The third-order valence-electron chi connectivity index (χ3n) is 15.1. The van der Waals surface area contributed by atoms with Gasteiger partial charge in [0.2, 0.25) is 0 Å². The number of nitrogens with zero attached hydrogens (tertiary/aromatic N) is 2. The minimum Gasteiger partial charge on any atom is -0.313 e. The molecule has 0 saturated carbocycles. The van der Waals surface area contributed by atoms with Gasteiger partial charge in [-0.3, -0.25) is 0 Å². The first-order valence-electron chi connectivity index (χ1n) is 28.8. The van der Waals surface area contributed by atoms with Crippen LogP contribution < -0.4 is 9.80 Å². The predicted molar refractivity (Wildman–Crippen MR) is 347 cm³/mol. The molecule has 79 heavy (non-hydrogen) atoms. The van der Waals surface area contributed by atoms with Crippen LogP contribution in [0.15, 0.2) is 243 Å². The third kappa shape index (κ3) is 13.5. The first-order valence-corrected chi connectivity index (χ1v) is 28.8. The molecule has 0 bridgehead atoms. The van der Waals surface area contributed by atoms with Crippen molar-refractivity contribution in [3.63, 3.8) is 0 Å². The highest BCUT2D eigenvalue weighted by atomic mass is 15.2. The molecule has 10 rings (SSSR count). The smallest absolute Gasteiger partial charge is 0.0539 e. The molecule has 0 saturated heterocycles. The van der Waals surface area contributed by atoms with E-state index in [0.29, 0.717) is 0 Å². The Morgan fingerprint density at radius 3 is 2.09 bits per heavy atom. The Morgan fingerprint density at radius 1 is 0.684 bits per heavy atom. The van der Waals surface area contributed by atoms with Crippen molar-refractivity contribution in [3.8, 4) is 12.3 Å². The van der Waals surface area contributed by atoms with Crippen molar-refractivity contribution in [2.75, 3.05) is 9.80 Å². The molecule has 0 aromatic heterocycles. The normalized spacial score (nSPS) is 15.0. The first-order chi connectivity index (χ1) is 38.8. The quantitative estimate of drug-likeness (QED) is 0.0452. The van der Waals surface area contributed by atoms with Crippen molar-refractivity contribution in [1.29, 1.82) is 0 Å². The van der Waals surface area contributed by atoms with Crippen LogP contribution in [0.5, 0.6) is 0 Å². The maximum atomic E-state index is 4.60. The number of rotatable bonds is 19. The molecule has 0 N–H and O–H groups in total. The van der Waals surface area contributed by atoms with E-state index in [-0.39, 0.29) is 5.41 Å². The molecule has 0 spiro atoms. The monoisotopic (exact) mass is 1030 g/mol. The Bertz CT molecular complexity index is 3480. The number of hydrogen-bond acceptors (Lipinski definition) is 2. The molecule has 3 aliphatic carbocycles. The van der Waals surface area contributed by atoms with E-state index in [2.05, 4.69) is 281 Å². The zero-order valence-corrected chi connectivity index (χ0v) is 47.6.